The van der Waals surface area contributed by atoms with Crippen LogP contribution in [0, 0.1) is 5.82 Å². The fourth-order valence-electron chi connectivity index (χ4n) is 4.06. The summed E-state index contributed by atoms with van der Waals surface area (Å²) in [6.07, 6.45) is 0. The van der Waals surface area contributed by atoms with Crippen molar-refractivity contribution in [2.75, 3.05) is 18.1 Å². The van der Waals surface area contributed by atoms with Gasteiger partial charge in [-0.15, -0.1) is 0 Å². The second-order valence-electron chi connectivity index (χ2n) is 7.57. The lowest BCUT2D eigenvalue weighted by Crippen LogP contribution is -2.29. The molecule has 2 heterocycles. The van der Waals surface area contributed by atoms with Gasteiger partial charge in [-0.2, -0.15) is 0 Å². The van der Waals surface area contributed by atoms with Gasteiger partial charge in [0, 0.05) is 5.56 Å². The standard InChI is InChI=1S/C25H18FNO6/c26-16-8-5-14(6-9-16)22-21(23(29)15-7-10-19-20(13-15)33-12-11-32-19)24(30)25(31)27(22)17-3-1-2-4-18(17)28/h1-10,13,22,28-29H,11-12H2/b23-21-. The van der Waals surface area contributed by atoms with Gasteiger partial charge in [0.2, 0.25) is 0 Å². The maximum atomic E-state index is 13.6. The Labute approximate surface area is 187 Å². The number of carbonyl (C=O) groups is 2. The fourth-order valence-corrected chi connectivity index (χ4v) is 4.06. The highest BCUT2D eigenvalue weighted by molar-refractivity contribution is 6.51. The number of phenols is 1. The molecule has 1 fully saturated rings. The van der Waals surface area contributed by atoms with Crippen LogP contribution in [0.4, 0.5) is 10.1 Å². The molecule has 0 aromatic heterocycles. The summed E-state index contributed by atoms with van der Waals surface area (Å²) in [5, 5.41) is 21.6. The van der Waals surface area contributed by atoms with E-state index in [1.165, 1.54) is 42.5 Å². The summed E-state index contributed by atoms with van der Waals surface area (Å²) in [7, 11) is 0. The third-order valence-electron chi connectivity index (χ3n) is 5.59. The number of phenolic OH excluding ortho intramolecular Hbond substituents is 1. The molecule has 33 heavy (non-hydrogen) atoms. The lowest BCUT2D eigenvalue weighted by molar-refractivity contribution is -0.132. The summed E-state index contributed by atoms with van der Waals surface area (Å²) in [4.78, 5) is 27.3. The largest absolute Gasteiger partial charge is 0.507 e. The van der Waals surface area contributed by atoms with Gasteiger partial charge >= 0.3 is 0 Å². The van der Waals surface area contributed by atoms with Crippen molar-refractivity contribution >= 4 is 23.1 Å². The van der Waals surface area contributed by atoms with E-state index in [2.05, 4.69) is 0 Å². The van der Waals surface area contributed by atoms with Crippen molar-refractivity contribution in [3.05, 3.63) is 89.2 Å². The summed E-state index contributed by atoms with van der Waals surface area (Å²) in [5.41, 5.74) is 0.543. The van der Waals surface area contributed by atoms with E-state index >= 15 is 0 Å². The molecule has 5 rings (SSSR count). The van der Waals surface area contributed by atoms with Gasteiger partial charge in [0.25, 0.3) is 11.7 Å². The Kier molecular flexibility index (Phi) is 4.97. The van der Waals surface area contributed by atoms with Gasteiger partial charge in [0.1, 0.15) is 30.5 Å². The zero-order valence-corrected chi connectivity index (χ0v) is 17.2. The number of para-hydroxylation sites is 2. The summed E-state index contributed by atoms with van der Waals surface area (Å²) in [6.45, 7) is 0.735. The molecule has 1 unspecified atom stereocenters. The van der Waals surface area contributed by atoms with Crippen LogP contribution >= 0.6 is 0 Å². The number of halogens is 1. The highest BCUT2D eigenvalue weighted by atomic mass is 19.1. The van der Waals surface area contributed by atoms with E-state index in [-0.39, 0.29) is 22.6 Å². The lowest BCUT2D eigenvalue weighted by atomic mass is 9.95. The van der Waals surface area contributed by atoms with Crippen LogP contribution in [0.3, 0.4) is 0 Å². The predicted octanol–water partition coefficient (Wildman–Crippen LogP) is 3.93. The second-order valence-corrected chi connectivity index (χ2v) is 7.57. The second kappa shape index (κ2) is 7.98. The number of carbonyl (C=O) groups excluding carboxylic acids is 2. The van der Waals surface area contributed by atoms with Crippen molar-refractivity contribution in [3.8, 4) is 17.2 Å². The van der Waals surface area contributed by atoms with E-state index in [1.54, 1.807) is 24.3 Å². The summed E-state index contributed by atoms with van der Waals surface area (Å²) in [6, 6.07) is 14.9. The minimum atomic E-state index is -1.09. The molecule has 2 N–H and O–H groups in total. The molecule has 7 nitrogen and oxygen atoms in total. The van der Waals surface area contributed by atoms with Crippen molar-refractivity contribution in [3.63, 3.8) is 0 Å². The zero-order valence-electron chi connectivity index (χ0n) is 17.2. The minimum Gasteiger partial charge on any atom is -0.507 e. The molecule has 0 spiro atoms. The Morgan fingerprint density at radius 2 is 1.64 bits per heavy atom. The minimum absolute atomic E-state index is 0.0927. The molecule has 2 aliphatic heterocycles. The van der Waals surface area contributed by atoms with E-state index in [0.29, 0.717) is 30.3 Å². The SMILES string of the molecule is O=C1C(=O)N(c2ccccc2O)C(c2ccc(F)cc2)/C1=C(/O)c1ccc2c(c1)OCCO2. The van der Waals surface area contributed by atoms with Gasteiger partial charge in [-0.1, -0.05) is 24.3 Å². The number of nitrogens with zero attached hydrogens (tertiary/aromatic N) is 1. The average Bonchev–Trinajstić information content (AvgIpc) is 3.09. The average molecular weight is 447 g/mol. The molecule has 2 aliphatic rings. The summed E-state index contributed by atoms with van der Waals surface area (Å²) >= 11 is 0. The van der Waals surface area contributed by atoms with E-state index in [9.17, 15) is 24.2 Å². The molecule has 0 radical (unpaired) electrons. The van der Waals surface area contributed by atoms with Gasteiger partial charge in [-0.25, -0.2) is 4.39 Å². The Morgan fingerprint density at radius 1 is 0.939 bits per heavy atom. The van der Waals surface area contributed by atoms with Crippen LogP contribution in [0.15, 0.2) is 72.3 Å². The molecule has 0 saturated carbocycles. The number of amides is 1. The number of aromatic hydroxyl groups is 1. The molecule has 0 bridgehead atoms. The predicted molar refractivity (Wildman–Crippen MR) is 117 cm³/mol. The Bertz CT molecular complexity index is 1300. The zero-order chi connectivity index (χ0) is 23.1. The van der Waals surface area contributed by atoms with Gasteiger partial charge in [-0.3, -0.25) is 14.5 Å². The van der Waals surface area contributed by atoms with E-state index in [0.717, 1.165) is 4.90 Å². The van der Waals surface area contributed by atoms with Crippen molar-refractivity contribution in [1.29, 1.82) is 0 Å². The maximum absolute atomic E-state index is 13.6. The Hall–Kier alpha value is -4.33. The molecule has 8 heteroatoms. The van der Waals surface area contributed by atoms with Gasteiger partial charge in [0.15, 0.2) is 11.5 Å². The lowest BCUT2D eigenvalue weighted by Gasteiger charge is -2.26. The number of hydrogen-bond acceptors (Lipinski definition) is 6. The van der Waals surface area contributed by atoms with Crippen molar-refractivity contribution < 1.29 is 33.7 Å². The molecule has 166 valence electrons. The number of benzene rings is 3. The number of ketones is 1. The van der Waals surface area contributed by atoms with Crippen LogP contribution in [-0.4, -0.2) is 35.1 Å². The number of hydrogen-bond donors (Lipinski definition) is 2. The van der Waals surface area contributed by atoms with Crippen LogP contribution < -0.4 is 14.4 Å². The highest BCUT2D eigenvalue weighted by Crippen LogP contribution is 2.45. The number of fused-ring (bicyclic) bond motifs is 1. The normalized spacial score (nSPS) is 19.1. The molecule has 1 saturated heterocycles. The topological polar surface area (TPSA) is 96.3 Å². The maximum Gasteiger partial charge on any atom is 0.300 e. The van der Waals surface area contributed by atoms with E-state index in [4.69, 9.17) is 9.47 Å². The number of aliphatic hydroxyl groups is 1. The van der Waals surface area contributed by atoms with Gasteiger partial charge in [0.05, 0.1) is 17.3 Å². The van der Waals surface area contributed by atoms with Gasteiger partial charge in [-0.05, 0) is 48.0 Å². The Morgan fingerprint density at radius 3 is 2.36 bits per heavy atom. The van der Waals surface area contributed by atoms with Crippen LogP contribution in [-0.2, 0) is 9.59 Å². The fraction of sp³-hybridized carbons (Fsp3) is 0.120. The quantitative estimate of drug-likeness (QED) is 0.359. The molecular weight excluding hydrogens is 429 g/mol. The third kappa shape index (κ3) is 3.45. The summed E-state index contributed by atoms with van der Waals surface area (Å²) in [5.74, 6) is -2.08. The molecule has 3 aromatic carbocycles. The van der Waals surface area contributed by atoms with Crippen LogP contribution in [0.2, 0.25) is 0 Å². The number of Topliss-reactive ketones (excluding diaryl/α,β-unsaturated/α-hetero) is 1. The monoisotopic (exact) mass is 447 g/mol. The molecule has 1 atom stereocenters. The van der Waals surface area contributed by atoms with Crippen molar-refractivity contribution in [2.45, 2.75) is 6.04 Å². The number of rotatable bonds is 3. The van der Waals surface area contributed by atoms with E-state index in [1.807, 2.05) is 0 Å². The molecular formula is C25H18FNO6. The third-order valence-corrected chi connectivity index (χ3v) is 5.59. The van der Waals surface area contributed by atoms with E-state index < -0.39 is 29.3 Å². The smallest absolute Gasteiger partial charge is 0.300 e. The summed E-state index contributed by atoms with van der Waals surface area (Å²) < 4.78 is 24.7. The van der Waals surface area contributed by atoms with Crippen LogP contribution in [0.25, 0.3) is 5.76 Å². The molecule has 0 aliphatic carbocycles. The first-order chi connectivity index (χ1) is 16.0. The van der Waals surface area contributed by atoms with Gasteiger partial charge < -0.3 is 19.7 Å². The number of ether oxygens (including phenoxy) is 2. The molecule has 1 amide bonds. The number of anilines is 1. The Balaban J connectivity index is 1.71. The van der Waals surface area contributed by atoms with Crippen LogP contribution in [0.5, 0.6) is 17.2 Å². The first-order valence-corrected chi connectivity index (χ1v) is 10.2. The number of aliphatic hydroxyl groups excluding tert-OH is 1. The van der Waals surface area contributed by atoms with Crippen molar-refractivity contribution in [1.82, 2.24) is 0 Å². The van der Waals surface area contributed by atoms with Crippen molar-refractivity contribution in [2.24, 2.45) is 0 Å². The first-order valence-electron chi connectivity index (χ1n) is 10.2. The first kappa shape index (κ1) is 20.6. The highest BCUT2D eigenvalue weighted by Gasteiger charge is 2.47. The van der Waals surface area contributed by atoms with Crippen LogP contribution in [0.1, 0.15) is 17.2 Å². The molecule has 3 aromatic rings.